The predicted molar refractivity (Wildman–Crippen MR) is 104 cm³/mol. The lowest BCUT2D eigenvalue weighted by atomic mass is 10.1. The van der Waals surface area contributed by atoms with Crippen LogP contribution in [-0.4, -0.2) is 53.8 Å². The van der Waals surface area contributed by atoms with Gasteiger partial charge in [0.1, 0.15) is 12.4 Å². The van der Waals surface area contributed by atoms with Gasteiger partial charge in [-0.25, -0.2) is 9.98 Å². The van der Waals surface area contributed by atoms with Crippen molar-refractivity contribution in [2.45, 2.75) is 26.4 Å². The smallest absolute Gasteiger partial charge is 0.194 e. The standard InChI is InChI=1S/C20H29N5O/c1-3-21-20(24(2)14-18-9-12-26-16-18)23-13-19-22-10-11-25(19)15-17-7-5-4-6-8-17/h4-8,10-11,18H,3,9,12-16H2,1-2H3,(H,21,23). The van der Waals surface area contributed by atoms with Crippen molar-refractivity contribution in [1.82, 2.24) is 19.8 Å². The van der Waals surface area contributed by atoms with Gasteiger partial charge in [-0.1, -0.05) is 30.3 Å². The van der Waals surface area contributed by atoms with E-state index in [1.165, 1.54) is 5.56 Å². The molecule has 1 atom stereocenters. The van der Waals surface area contributed by atoms with Gasteiger partial charge >= 0.3 is 0 Å². The number of imidazole rings is 1. The number of hydrogen-bond acceptors (Lipinski definition) is 3. The summed E-state index contributed by atoms with van der Waals surface area (Å²) >= 11 is 0. The first kappa shape index (κ1) is 18.5. The van der Waals surface area contributed by atoms with Crippen LogP contribution >= 0.6 is 0 Å². The minimum atomic E-state index is 0.563. The summed E-state index contributed by atoms with van der Waals surface area (Å²) in [5.41, 5.74) is 1.26. The number of nitrogens with one attached hydrogen (secondary N) is 1. The third kappa shape index (κ3) is 5.08. The van der Waals surface area contributed by atoms with E-state index in [4.69, 9.17) is 9.73 Å². The zero-order valence-corrected chi connectivity index (χ0v) is 15.8. The molecule has 1 aliphatic heterocycles. The number of aliphatic imine (C=N–C) groups is 1. The molecule has 1 aliphatic rings. The molecule has 0 aliphatic carbocycles. The van der Waals surface area contributed by atoms with Gasteiger partial charge < -0.3 is 19.5 Å². The molecule has 140 valence electrons. The molecule has 1 unspecified atom stereocenters. The predicted octanol–water partition coefficient (Wildman–Crippen LogP) is 2.37. The molecule has 6 nitrogen and oxygen atoms in total. The monoisotopic (exact) mass is 355 g/mol. The van der Waals surface area contributed by atoms with Gasteiger partial charge in [-0.2, -0.15) is 0 Å². The lowest BCUT2D eigenvalue weighted by Gasteiger charge is -2.24. The molecule has 3 rings (SSSR count). The lowest BCUT2D eigenvalue weighted by Crippen LogP contribution is -2.41. The normalized spacial score (nSPS) is 17.5. The molecule has 1 aromatic heterocycles. The van der Waals surface area contributed by atoms with Crippen LogP contribution in [-0.2, 0) is 17.8 Å². The van der Waals surface area contributed by atoms with Crippen LogP contribution in [0, 0.1) is 5.92 Å². The topological polar surface area (TPSA) is 54.7 Å². The van der Waals surface area contributed by atoms with Gasteiger partial charge in [0.05, 0.1) is 6.61 Å². The Balaban J connectivity index is 1.64. The summed E-state index contributed by atoms with van der Waals surface area (Å²) in [6.45, 7) is 7.02. The molecule has 6 heteroatoms. The van der Waals surface area contributed by atoms with Crippen LogP contribution in [0.4, 0.5) is 0 Å². The Morgan fingerprint density at radius 3 is 2.96 bits per heavy atom. The fourth-order valence-corrected chi connectivity index (χ4v) is 3.23. The van der Waals surface area contributed by atoms with Gasteiger partial charge in [0.2, 0.25) is 0 Å². The molecule has 0 radical (unpaired) electrons. The molecule has 1 N–H and O–H groups in total. The molecule has 0 spiro atoms. The van der Waals surface area contributed by atoms with Gasteiger partial charge in [0.15, 0.2) is 5.96 Å². The second-order valence-electron chi connectivity index (χ2n) is 6.74. The number of hydrogen-bond donors (Lipinski definition) is 1. The lowest BCUT2D eigenvalue weighted by molar-refractivity contribution is 0.181. The molecule has 26 heavy (non-hydrogen) atoms. The van der Waals surface area contributed by atoms with E-state index in [1.807, 2.05) is 18.5 Å². The second-order valence-corrected chi connectivity index (χ2v) is 6.74. The molecule has 2 heterocycles. The summed E-state index contributed by atoms with van der Waals surface area (Å²) in [6, 6.07) is 10.4. The maximum Gasteiger partial charge on any atom is 0.194 e. The van der Waals surface area contributed by atoms with E-state index in [-0.39, 0.29) is 0 Å². The molecular weight excluding hydrogens is 326 g/mol. The second kappa shape index (κ2) is 9.38. The highest BCUT2D eigenvalue weighted by Crippen LogP contribution is 2.13. The van der Waals surface area contributed by atoms with Crippen molar-refractivity contribution in [3.8, 4) is 0 Å². The van der Waals surface area contributed by atoms with Gasteiger partial charge in [0.25, 0.3) is 0 Å². The van der Waals surface area contributed by atoms with Gasteiger partial charge in [-0.3, -0.25) is 0 Å². The van der Waals surface area contributed by atoms with Crippen molar-refractivity contribution in [3.05, 3.63) is 54.1 Å². The van der Waals surface area contributed by atoms with Crippen molar-refractivity contribution in [3.63, 3.8) is 0 Å². The fourth-order valence-electron chi connectivity index (χ4n) is 3.23. The van der Waals surface area contributed by atoms with Crippen LogP contribution in [0.2, 0.25) is 0 Å². The number of ether oxygens (including phenoxy) is 1. The van der Waals surface area contributed by atoms with Crippen molar-refractivity contribution in [1.29, 1.82) is 0 Å². The molecule has 2 aromatic rings. The number of rotatable bonds is 7. The third-order valence-electron chi connectivity index (χ3n) is 4.62. The summed E-state index contributed by atoms with van der Waals surface area (Å²) in [5, 5.41) is 3.39. The van der Waals surface area contributed by atoms with Gasteiger partial charge in [-0.05, 0) is 18.9 Å². The Labute approximate surface area is 155 Å². The van der Waals surface area contributed by atoms with Crippen LogP contribution in [0.15, 0.2) is 47.7 Å². The number of guanidine groups is 1. The van der Waals surface area contributed by atoms with E-state index in [0.717, 1.165) is 51.1 Å². The van der Waals surface area contributed by atoms with Crippen LogP contribution in [0.3, 0.4) is 0 Å². The highest BCUT2D eigenvalue weighted by molar-refractivity contribution is 5.79. The zero-order chi connectivity index (χ0) is 18.2. The maximum atomic E-state index is 5.49. The maximum absolute atomic E-state index is 5.49. The van der Waals surface area contributed by atoms with Crippen molar-refractivity contribution in [2.75, 3.05) is 33.4 Å². The average Bonchev–Trinajstić information content (AvgIpc) is 3.31. The first-order valence-corrected chi connectivity index (χ1v) is 9.37. The first-order valence-electron chi connectivity index (χ1n) is 9.37. The average molecular weight is 355 g/mol. The number of benzene rings is 1. The Morgan fingerprint density at radius 1 is 1.38 bits per heavy atom. The van der Waals surface area contributed by atoms with Gasteiger partial charge in [0, 0.05) is 51.6 Å². The van der Waals surface area contributed by atoms with E-state index in [0.29, 0.717) is 12.5 Å². The molecule has 1 fully saturated rings. The van der Waals surface area contributed by atoms with Crippen LogP contribution in [0.5, 0.6) is 0 Å². The minimum absolute atomic E-state index is 0.563. The Bertz CT molecular complexity index is 691. The summed E-state index contributed by atoms with van der Waals surface area (Å²) in [5.74, 6) is 2.49. The van der Waals surface area contributed by atoms with Crippen molar-refractivity contribution in [2.24, 2.45) is 10.9 Å². The molecule has 1 saturated heterocycles. The quantitative estimate of drug-likeness (QED) is 0.612. The first-order chi connectivity index (χ1) is 12.8. The van der Waals surface area contributed by atoms with E-state index in [1.54, 1.807) is 0 Å². The largest absolute Gasteiger partial charge is 0.381 e. The number of nitrogens with zero attached hydrogens (tertiary/aromatic N) is 4. The van der Waals surface area contributed by atoms with Crippen LogP contribution in [0.1, 0.15) is 24.7 Å². The Hall–Kier alpha value is -2.34. The summed E-state index contributed by atoms with van der Waals surface area (Å²) in [6.07, 6.45) is 5.00. The summed E-state index contributed by atoms with van der Waals surface area (Å²) < 4.78 is 7.65. The fraction of sp³-hybridized carbons (Fsp3) is 0.500. The van der Waals surface area contributed by atoms with Gasteiger partial charge in [-0.15, -0.1) is 0 Å². The van der Waals surface area contributed by atoms with Crippen molar-refractivity contribution >= 4 is 5.96 Å². The third-order valence-corrected chi connectivity index (χ3v) is 4.62. The van der Waals surface area contributed by atoms with E-state index in [2.05, 4.69) is 58.0 Å². The van der Waals surface area contributed by atoms with Crippen LogP contribution < -0.4 is 5.32 Å². The Kier molecular flexibility index (Phi) is 6.66. The summed E-state index contributed by atoms with van der Waals surface area (Å²) in [4.78, 5) is 11.5. The zero-order valence-electron chi connectivity index (χ0n) is 15.8. The summed E-state index contributed by atoms with van der Waals surface area (Å²) in [7, 11) is 2.09. The molecule has 0 bridgehead atoms. The highest BCUT2D eigenvalue weighted by Gasteiger charge is 2.19. The van der Waals surface area contributed by atoms with Crippen LogP contribution in [0.25, 0.3) is 0 Å². The highest BCUT2D eigenvalue weighted by atomic mass is 16.5. The van der Waals surface area contributed by atoms with E-state index < -0.39 is 0 Å². The molecule has 1 aromatic carbocycles. The SMILES string of the molecule is CCNC(=NCc1nccn1Cc1ccccc1)N(C)CC1CCOC1. The van der Waals surface area contributed by atoms with Crippen molar-refractivity contribution < 1.29 is 4.74 Å². The molecule has 0 saturated carbocycles. The van der Waals surface area contributed by atoms with E-state index >= 15 is 0 Å². The molecular formula is C20H29N5O. The Morgan fingerprint density at radius 2 is 2.23 bits per heavy atom. The van der Waals surface area contributed by atoms with E-state index in [9.17, 15) is 0 Å². The minimum Gasteiger partial charge on any atom is -0.381 e. The number of aromatic nitrogens is 2. The molecule has 0 amide bonds.